The van der Waals surface area contributed by atoms with E-state index in [-0.39, 0.29) is 0 Å². The van der Waals surface area contributed by atoms with E-state index in [0.717, 1.165) is 22.6 Å². The summed E-state index contributed by atoms with van der Waals surface area (Å²) in [6.07, 6.45) is 0. The molecule has 0 aliphatic rings. The van der Waals surface area contributed by atoms with Gasteiger partial charge in [-0.2, -0.15) is 0 Å². The molecular weight excluding hydrogens is 232 g/mol. The number of rotatable bonds is 3. The van der Waals surface area contributed by atoms with Crippen LogP contribution in [0.1, 0.15) is 0 Å². The van der Waals surface area contributed by atoms with E-state index in [1.165, 1.54) is 0 Å². The highest BCUT2D eigenvalue weighted by molar-refractivity contribution is 5.70. The highest BCUT2D eigenvalue weighted by Crippen LogP contribution is 2.32. The largest absolute Gasteiger partial charge is 0.457 e. The Labute approximate surface area is 113 Å². The third-order valence-corrected chi connectivity index (χ3v) is 2.89. The fourth-order valence-electron chi connectivity index (χ4n) is 1.98. The maximum absolute atomic E-state index is 5.94. The first-order valence-corrected chi connectivity index (χ1v) is 6.22. The van der Waals surface area contributed by atoms with Gasteiger partial charge in [0.1, 0.15) is 11.5 Å². The molecule has 91 valence electrons. The first-order valence-electron chi connectivity index (χ1n) is 6.22. The van der Waals surface area contributed by atoms with E-state index in [9.17, 15) is 0 Å². The molecule has 0 fully saturated rings. The minimum atomic E-state index is 0.821. The number of benzene rings is 3. The van der Waals surface area contributed by atoms with Gasteiger partial charge in [-0.1, -0.05) is 60.7 Å². The van der Waals surface area contributed by atoms with Crippen molar-refractivity contribution in [3.05, 3.63) is 84.9 Å². The minimum Gasteiger partial charge on any atom is -0.457 e. The molecule has 0 heterocycles. The van der Waals surface area contributed by atoms with Crippen LogP contribution in [-0.4, -0.2) is 0 Å². The number of para-hydroxylation sites is 1. The average Bonchev–Trinajstić information content (AvgIpc) is 2.50. The van der Waals surface area contributed by atoms with Gasteiger partial charge in [-0.15, -0.1) is 0 Å². The van der Waals surface area contributed by atoms with Gasteiger partial charge >= 0.3 is 0 Å². The smallest absolute Gasteiger partial charge is 0.135 e. The maximum atomic E-state index is 5.94. The van der Waals surface area contributed by atoms with E-state index in [1.54, 1.807) is 0 Å². The molecular formula is C18H13O. The van der Waals surface area contributed by atoms with Crippen LogP contribution >= 0.6 is 0 Å². The summed E-state index contributed by atoms with van der Waals surface area (Å²) in [7, 11) is 0. The van der Waals surface area contributed by atoms with E-state index in [2.05, 4.69) is 24.3 Å². The van der Waals surface area contributed by atoms with Crippen LogP contribution in [0.2, 0.25) is 0 Å². The van der Waals surface area contributed by atoms with Gasteiger partial charge in [-0.05, 0) is 29.8 Å². The van der Waals surface area contributed by atoms with Crippen LogP contribution in [0, 0.1) is 6.07 Å². The standard InChI is InChI=1S/C18H13O/c1-3-9-15(10-4-1)17-13-7-8-14-18(17)19-16-11-5-2-6-12-16/h1,3-14H. The molecule has 3 rings (SSSR count). The fraction of sp³-hybridized carbons (Fsp3) is 0. The van der Waals surface area contributed by atoms with E-state index >= 15 is 0 Å². The van der Waals surface area contributed by atoms with Crippen LogP contribution in [0.3, 0.4) is 0 Å². The molecule has 0 spiro atoms. The number of ether oxygens (including phenoxy) is 1. The Morgan fingerprint density at radius 3 is 2.16 bits per heavy atom. The molecule has 0 aliphatic heterocycles. The predicted octanol–water partition coefficient (Wildman–Crippen LogP) is 4.95. The third kappa shape index (κ3) is 2.66. The van der Waals surface area contributed by atoms with E-state index in [0.29, 0.717) is 0 Å². The Kier molecular flexibility index (Phi) is 3.28. The van der Waals surface area contributed by atoms with Crippen molar-refractivity contribution in [2.75, 3.05) is 0 Å². The summed E-state index contributed by atoms with van der Waals surface area (Å²) in [4.78, 5) is 0. The molecule has 3 aromatic carbocycles. The summed E-state index contributed by atoms with van der Waals surface area (Å²) in [6.45, 7) is 0. The van der Waals surface area contributed by atoms with Crippen molar-refractivity contribution in [3.8, 4) is 22.6 Å². The summed E-state index contributed by atoms with van der Waals surface area (Å²) in [5, 5.41) is 0. The molecule has 0 amide bonds. The Balaban J connectivity index is 1.99. The van der Waals surface area contributed by atoms with Crippen LogP contribution in [-0.2, 0) is 0 Å². The molecule has 1 heteroatoms. The molecule has 0 aliphatic carbocycles. The molecule has 0 saturated carbocycles. The van der Waals surface area contributed by atoms with Gasteiger partial charge in [0.15, 0.2) is 0 Å². The summed E-state index contributed by atoms with van der Waals surface area (Å²) in [5.74, 6) is 1.68. The highest BCUT2D eigenvalue weighted by atomic mass is 16.5. The van der Waals surface area contributed by atoms with Gasteiger partial charge < -0.3 is 4.74 Å². The van der Waals surface area contributed by atoms with Crippen LogP contribution in [0.25, 0.3) is 11.1 Å². The van der Waals surface area contributed by atoms with Gasteiger partial charge in [0, 0.05) is 5.56 Å². The lowest BCUT2D eigenvalue weighted by Gasteiger charge is -2.11. The SMILES string of the molecule is [c]1ccc(Oc2ccccc2-c2ccccc2)cc1. The summed E-state index contributed by atoms with van der Waals surface area (Å²) in [5.41, 5.74) is 2.25. The quantitative estimate of drug-likeness (QED) is 0.634. The first-order chi connectivity index (χ1) is 9.43. The first kappa shape index (κ1) is 11.5. The molecule has 3 aromatic rings. The van der Waals surface area contributed by atoms with Crippen LogP contribution in [0.4, 0.5) is 0 Å². The monoisotopic (exact) mass is 245 g/mol. The molecule has 0 bridgehead atoms. The third-order valence-electron chi connectivity index (χ3n) is 2.89. The zero-order valence-corrected chi connectivity index (χ0v) is 10.4. The van der Waals surface area contributed by atoms with Crippen molar-refractivity contribution in [1.82, 2.24) is 0 Å². The fourth-order valence-corrected chi connectivity index (χ4v) is 1.98. The molecule has 0 unspecified atom stereocenters. The summed E-state index contributed by atoms with van der Waals surface area (Å²) < 4.78 is 5.94. The van der Waals surface area contributed by atoms with E-state index < -0.39 is 0 Å². The van der Waals surface area contributed by atoms with E-state index in [1.807, 2.05) is 60.7 Å². The van der Waals surface area contributed by atoms with Crippen LogP contribution < -0.4 is 4.74 Å². The molecule has 0 atom stereocenters. The van der Waals surface area contributed by atoms with Gasteiger partial charge in [-0.3, -0.25) is 0 Å². The molecule has 1 radical (unpaired) electrons. The molecule has 0 aromatic heterocycles. The van der Waals surface area contributed by atoms with Crippen molar-refractivity contribution >= 4 is 0 Å². The Morgan fingerprint density at radius 2 is 1.37 bits per heavy atom. The lowest BCUT2D eigenvalue weighted by atomic mass is 10.1. The maximum Gasteiger partial charge on any atom is 0.135 e. The Hall–Kier alpha value is -2.54. The normalized spacial score (nSPS) is 10.1. The summed E-state index contributed by atoms with van der Waals surface area (Å²) >= 11 is 0. The van der Waals surface area contributed by atoms with Crippen molar-refractivity contribution < 1.29 is 4.74 Å². The second kappa shape index (κ2) is 5.40. The number of hydrogen-bond acceptors (Lipinski definition) is 1. The van der Waals surface area contributed by atoms with Gasteiger partial charge in [0.05, 0.1) is 0 Å². The van der Waals surface area contributed by atoms with Crippen molar-refractivity contribution in [3.63, 3.8) is 0 Å². The van der Waals surface area contributed by atoms with Gasteiger partial charge in [0.2, 0.25) is 0 Å². The lowest BCUT2D eigenvalue weighted by molar-refractivity contribution is 0.484. The second-order valence-electron chi connectivity index (χ2n) is 4.20. The van der Waals surface area contributed by atoms with Gasteiger partial charge in [-0.25, -0.2) is 0 Å². The van der Waals surface area contributed by atoms with Crippen molar-refractivity contribution in [2.24, 2.45) is 0 Å². The highest BCUT2D eigenvalue weighted by Gasteiger charge is 2.05. The van der Waals surface area contributed by atoms with Crippen molar-refractivity contribution in [2.45, 2.75) is 0 Å². The Bertz CT molecular complexity index is 645. The van der Waals surface area contributed by atoms with Crippen molar-refractivity contribution in [1.29, 1.82) is 0 Å². The zero-order chi connectivity index (χ0) is 12.9. The minimum absolute atomic E-state index is 0.821. The summed E-state index contributed by atoms with van der Waals surface area (Å²) in [6, 6.07) is 28.8. The zero-order valence-electron chi connectivity index (χ0n) is 10.4. The number of hydrogen-bond donors (Lipinski definition) is 0. The van der Waals surface area contributed by atoms with Crippen LogP contribution in [0.5, 0.6) is 11.5 Å². The van der Waals surface area contributed by atoms with Crippen LogP contribution in [0.15, 0.2) is 78.9 Å². The van der Waals surface area contributed by atoms with E-state index in [4.69, 9.17) is 4.74 Å². The molecule has 0 saturated heterocycles. The second-order valence-corrected chi connectivity index (χ2v) is 4.20. The molecule has 1 nitrogen and oxygen atoms in total. The molecule has 0 N–H and O–H groups in total. The lowest BCUT2D eigenvalue weighted by Crippen LogP contribution is -1.87. The average molecular weight is 245 g/mol. The predicted molar refractivity (Wildman–Crippen MR) is 77.2 cm³/mol. The molecule has 19 heavy (non-hydrogen) atoms. The van der Waals surface area contributed by atoms with Gasteiger partial charge in [0.25, 0.3) is 0 Å². The Morgan fingerprint density at radius 1 is 0.684 bits per heavy atom. The topological polar surface area (TPSA) is 9.23 Å².